The maximum absolute atomic E-state index is 14.6. The molecule has 10 heteroatoms. The van der Waals surface area contributed by atoms with Crippen molar-refractivity contribution in [3.63, 3.8) is 0 Å². The third-order valence-electron chi connectivity index (χ3n) is 7.78. The third kappa shape index (κ3) is 3.27. The Morgan fingerprint density at radius 1 is 1.18 bits per heavy atom. The van der Waals surface area contributed by atoms with E-state index < -0.39 is 11.9 Å². The van der Waals surface area contributed by atoms with E-state index in [2.05, 4.69) is 25.2 Å². The first-order valence-corrected chi connectivity index (χ1v) is 11.7. The fourth-order valence-corrected chi connectivity index (χ4v) is 5.97. The lowest BCUT2D eigenvalue weighted by Crippen LogP contribution is -2.46. The molecule has 4 aliphatic rings. The Hall–Kier alpha value is -3.40. The number of H-pyrrole nitrogens is 1. The number of anilines is 1. The van der Waals surface area contributed by atoms with Crippen molar-refractivity contribution in [3.8, 4) is 0 Å². The van der Waals surface area contributed by atoms with Crippen molar-refractivity contribution in [3.05, 3.63) is 58.4 Å². The molecule has 176 valence electrons. The molecule has 6 heterocycles. The lowest BCUT2D eigenvalue weighted by atomic mass is 9.69. The van der Waals surface area contributed by atoms with E-state index in [-0.39, 0.29) is 16.7 Å². The van der Waals surface area contributed by atoms with Crippen molar-refractivity contribution in [1.29, 1.82) is 0 Å². The molecular formula is C24H26FN7O2. The summed E-state index contributed by atoms with van der Waals surface area (Å²) in [6.07, 6.45) is 7.09. The molecule has 3 aliphatic heterocycles. The maximum atomic E-state index is 14.6. The predicted octanol–water partition coefficient (Wildman–Crippen LogP) is 1.60. The molecule has 0 atom stereocenters. The molecule has 1 saturated carbocycles. The van der Waals surface area contributed by atoms with E-state index in [1.54, 1.807) is 30.6 Å². The molecule has 4 fully saturated rings. The Morgan fingerprint density at radius 2 is 1.97 bits per heavy atom. The summed E-state index contributed by atoms with van der Waals surface area (Å²) in [4.78, 5) is 44.5. The van der Waals surface area contributed by atoms with Crippen LogP contribution in [0.15, 0.2) is 35.4 Å². The Bertz CT molecular complexity index is 1330. The van der Waals surface area contributed by atoms with E-state index in [4.69, 9.17) is 4.98 Å². The minimum atomic E-state index is -0.608. The minimum Gasteiger partial charge on any atom is -0.368 e. The highest BCUT2D eigenvalue weighted by atomic mass is 19.1. The largest absolute Gasteiger partial charge is 0.368 e. The van der Waals surface area contributed by atoms with Crippen molar-refractivity contribution >= 4 is 22.5 Å². The SMILES string of the molecule is CNC(=O)c1ccc(N2CCC(N3CC4(c5nc6ccncc6c(=O)[nH]5)CC3C4)CC2)c(F)n1. The van der Waals surface area contributed by atoms with Gasteiger partial charge in [0.25, 0.3) is 11.5 Å². The van der Waals surface area contributed by atoms with Gasteiger partial charge in [0.15, 0.2) is 0 Å². The van der Waals surface area contributed by atoms with E-state index in [1.165, 1.54) is 7.05 Å². The minimum absolute atomic E-state index is 0.0809. The summed E-state index contributed by atoms with van der Waals surface area (Å²) in [5.74, 6) is -0.217. The molecule has 3 aromatic heterocycles. The summed E-state index contributed by atoms with van der Waals surface area (Å²) in [5.41, 5.74) is 0.995. The highest BCUT2D eigenvalue weighted by Crippen LogP contribution is 2.53. The number of rotatable bonds is 4. The predicted molar refractivity (Wildman–Crippen MR) is 124 cm³/mol. The van der Waals surface area contributed by atoms with E-state index in [0.717, 1.165) is 51.1 Å². The van der Waals surface area contributed by atoms with Gasteiger partial charge >= 0.3 is 0 Å². The number of amides is 1. The third-order valence-corrected chi connectivity index (χ3v) is 7.78. The molecular weight excluding hydrogens is 437 g/mol. The number of nitrogens with one attached hydrogen (secondary N) is 2. The Labute approximate surface area is 195 Å². The summed E-state index contributed by atoms with van der Waals surface area (Å²) in [5, 5.41) is 2.98. The highest BCUT2D eigenvalue weighted by Gasteiger charge is 2.59. The number of aromatic amines is 1. The van der Waals surface area contributed by atoms with Crippen LogP contribution in [0.1, 0.15) is 42.0 Å². The van der Waals surface area contributed by atoms with E-state index >= 15 is 0 Å². The van der Waals surface area contributed by atoms with Gasteiger partial charge in [-0.15, -0.1) is 0 Å². The average molecular weight is 464 g/mol. The molecule has 34 heavy (non-hydrogen) atoms. The molecule has 7 rings (SSSR count). The molecule has 2 bridgehead atoms. The van der Waals surface area contributed by atoms with Gasteiger partial charge in [-0.2, -0.15) is 4.39 Å². The van der Waals surface area contributed by atoms with Crippen LogP contribution < -0.4 is 15.8 Å². The second-order valence-electron chi connectivity index (χ2n) is 9.63. The van der Waals surface area contributed by atoms with Crippen molar-refractivity contribution < 1.29 is 9.18 Å². The maximum Gasteiger partial charge on any atom is 0.269 e. The van der Waals surface area contributed by atoms with Crippen molar-refractivity contribution in [1.82, 2.24) is 30.2 Å². The van der Waals surface area contributed by atoms with Crippen molar-refractivity contribution in [2.24, 2.45) is 0 Å². The summed E-state index contributed by atoms with van der Waals surface area (Å²) < 4.78 is 14.6. The summed E-state index contributed by atoms with van der Waals surface area (Å²) in [6.45, 7) is 2.35. The molecule has 3 saturated heterocycles. The zero-order valence-corrected chi connectivity index (χ0v) is 18.9. The quantitative estimate of drug-likeness (QED) is 0.566. The van der Waals surface area contributed by atoms with Gasteiger partial charge in [0.05, 0.1) is 16.6 Å². The number of carbonyl (C=O) groups excluding carboxylic acids is 1. The Kier molecular flexibility index (Phi) is 4.87. The van der Waals surface area contributed by atoms with Crippen LogP contribution in [0.3, 0.4) is 0 Å². The van der Waals surface area contributed by atoms with Gasteiger partial charge in [-0.25, -0.2) is 9.97 Å². The number of hydrogen-bond acceptors (Lipinski definition) is 7. The van der Waals surface area contributed by atoms with Gasteiger partial charge < -0.3 is 15.2 Å². The monoisotopic (exact) mass is 463 g/mol. The fourth-order valence-electron chi connectivity index (χ4n) is 5.97. The lowest BCUT2D eigenvalue weighted by Gasteiger charge is -2.40. The van der Waals surface area contributed by atoms with Crippen LogP contribution in [-0.4, -0.2) is 69.5 Å². The molecule has 0 aromatic carbocycles. The number of carbonyl (C=O) groups is 1. The Morgan fingerprint density at radius 3 is 2.71 bits per heavy atom. The average Bonchev–Trinajstić information content (AvgIpc) is 3.41. The second-order valence-corrected chi connectivity index (χ2v) is 9.63. The van der Waals surface area contributed by atoms with Gasteiger partial charge in [0.1, 0.15) is 11.5 Å². The second kappa shape index (κ2) is 7.83. The topological polar surface area (TPSA) is 107 Å². The molecule has 2 N–H and O–H groups in total. The number of aromatic nitrogens is 4. The number of hydrogen-bond donors (Lipinski definition) is 2. The zero-order valence-electron chi connectivity index (χ0n) is 18.9. The molecule has 3 aromatic rings. The van der Waals surface area contributed by atoms with Crippen LogP contribution in [0.4, 0.5) is 10.1 Å². The first-order valence-electron chi connectivity index (χ1n) is 11.7. The first-order chi connectivity index (χ1) is 16.5. The molecule has 9 nitrogen and oxygen atoms in total. The van der Waals surface area contributed by atoms with Crippen LogP contribution in [-0.2, 0) is 5.41 Å². The van der Waals surface area contributed by atoms with Gasteiger partial charge in [-0.3, -0.25) is 19.5 Å². The molecule has 1 amide bonds. The van der Waals surface area contributed by atoms with Crippen LogP contribution in [0, 0.1) is 5.95 Å². The number of pyridine rings is 2. The zero-order chi connectivity index (χ0) is 23.4. The number of nitrogens with zero attached hydrogens (tertiary/aromatic N) is 5. The molecule has 0 spiro atoms. The molecule has 0 unspecified atom stereocenters. The summed E-state index contributed by atoms with van der Waals surface area (Å²) >= 11 is 0. The molecule has 1 aliphatic carbocycles. The van der Waals surface area contributed by atoms with Crippen LogP contribution in [0.25, 0.3) is 10.9 Å². The fraction of sp³-hybridized carbons (Fsp3) is 0.458. The van der Waals surface area contributed by atoms with Crippen LogP contribution >= 0.6 is 0 Å². The number of fused-ring (bicyclic) bond motifs is 2. The van der Waals surface area contributed by atoms with Gasteiger partial charge in [0.2, 0.25) is 5.95 Å². The number of piperidine rings is 1. The van der Waals surface area contributed by atoms with Crippen LogP contribution in [0.2, 0.25) is 0 Å². The van der Waals surface area contributed by atoms with Crippen molar-refractivity contribution in [2.45, 2.75) is 43.2 Å². The van der Waals surface area contributed by atoms with Gasteiger partial charge in [-0.05, 0) is 43.9 Å². The highest BCUT2D eigenvalue weighted by molar-refractivity contribution is 5.92. The van der Waals surface area contributed by atoms with Crippen LogP contribution in [0.5, 0.6) is 0 Å². The van der Waals surface area contributed by atoms with E-state index in [9.17, 15) is 14.0 Å². The standard InChI is InChI=1S/C24H26FN7O2/c1-26-22(34)18-2-3-19(20(25)28-18)31-8-5-14(6-9-31)32-13-24(10-15(32)11-24)23-29-17-4-7-27-12-16(17)21(33)30-23/h2-4,7,12,14-15H,5-6,8-11,13H2,1H3,(H,26,34)(H,29,30,33). The van der Waals surface area contributed by atoms with E-state index in [1.807, 2.05) is 4.90 Å². The smallest absolute Gasteiger partial charge is 0.269 e. The van der Waals surface area contributed by atoms with Gasteiger partial charge in [0, 0.05) is 56.6 Å². The lowest BCUT2D eigenvalue weighted by molar-refractivity contribution is 0.0957. The molecule has 0 radical (unpaired) electrons. The summed E-state index contributed by atoms with van der Waals surface area (Å²) in [7, 11) is 1.50. The van der Waals surface area contributed by atoms with E-state index in [0.29, 0.717) is 28.7 Å². The number of halogens is 1. The first kappa shape index (κ1) is 21.2. The van der Waals surface area contributed by atoms with Gasteiger partial charge in [-0.1, -0.05) is 0 Å². The summed E-state index contributed by atoms with van der Waals surface area (Å²) in [6, 6.07) is 5.92. The van der Waals surface area contributed by atoms with Crippen molar-refractivity contribution in [2.75, 3.05) is 31.6 Å². The normalized spacial score (nSPS) is 24.9. The Balaban J connectivity index is 1.14.